The van der Waals surface area contributed by atoms with Crippen molar-refractivity contribution >= 4 is 0 Å². The molecule has 0 saturated heterocycles. The van der Waals surface area contributed by atoms with Gasteiger partial charge in [0.1, 0.15) is 0 Å². The van der Waals surface area contributed by atoms with E-state index in [2.05, 4.69) is 0 Å². The first-order valence-electron chi connectivity index (χ1n) is 5.20. The zero-order valence-electron chi connectivity index (χ0n) is 10.2. The third kappa shape index (κ3) is 2.82. The molecular formula is C9H11F10N. The molecule has 1 nitrogen and oxygen atoms in total. The second-order valence-corrected chi connectivity index (χ2v) is 4.15. The molecule has 0 aromatic heterocycles. The molecule has 0 aromatic rings. The normalized spacial score (nSPS) is 18.0. The monoisotopic (exact) mass is 323 g/mol. The molecule has 1 unspecified atom stereocenters. The summed E-state index contributed by atoms with van der Waals surface area (Å²) in [5.41, 5.74) is -5.46. The van der Waals surface area contributed by atoms with Crippen LogP contribution in [-0.2, 0) is 0 Å². The predicted octanol–water partition coefficient (Wildman–Crippen LogP) is 4.14. The Hall–Kier alpha value is -0.740. The molecule has 0 aliphatic carbocycles. The first kappa shape index (κ1) is 19.3. The van der Waals surface area contributed by atoms with E-state index >= 15 is 0 Å². The molecule has 0 saturated carbocycles. The van der Waals surface area contributed by atoms with Crippen LogP contribution in [0.1, 0.15) is 20.3 Å². The molecule has 0 heterocycles. The highest BCUT2D eigenvalue weighted by molar-refractivity contribution is 5.08. The lowest BCUT2D eigenvalue weighted by Gasteiger charge is -2.40. The van der Waals surface area contributed by atoms with Crippen LogP contribution in [-0.4, -0.2) is 36.3 Å². The van der Waals surface area contributed by atoms with E-state index in [9.17, 15) is 43.9 Å². The zero-order chi connectivity index (χ0) is 16.6. The molecule has 122 valence electrons. The Bertz CT molecular complexity index is 332. The topological polar surface area (TPSA) is 12.0 Å². The summed E-state index contributed by atoms with van der Waals surface area (Å²) in [5.74, 6) is -13.6. The molecule has 0 bridgehead atoms. The maximum absolute atomic E-state index is 13.5. The summed E-state index contributed by atoms with van der Waals surface area (Å²) in [5, 5.41) is 0.890. The summed E-state index contributed by atoms with van der Waals surface area (Å²) in [6, 6.07) is -5.29. The van der Waals surface area contributed by atoms with Crippen LogP contribution in [0, 0.1) is 0 Å². The number of hydrogen-bond donors (Lipinski definition) is 1. The fraction of sp³-hybridized carbons (Fsp3) is 1.00. The van der Waals surface area contributed by atoms with E-state index < -0.39 is 43.2 Å². The number of rotatable bonds is 6. The second kappa shape index (κ2) is 5.23. The van der Waals surface area contributed by atoms with Crippen LogP contribution >= 0.6 is 0 Å². The molecule has 1 atom stereocenters. The largest absolute Gasteiger partial charge is 0.460 e. The van der Waals surface area contributed by atoms with Crippen LogP contribution in [0.25, 0.3) is 0 Å². The Labute approximate surface area is 107 Å². The highest BCUT2D eigenvalue weighted by atomic mass is 19.4. The van der Waals surface area contributed by atoms with Crippen molar-refractivity contribution in [3.05, 3.63) is 0 Å². The van der Waals surface area contributed by atoms with Crippen LogP contribution < -0.4 is 5.32 Å². The van der Waals surface area contributed by atoms with Gasteiger partial charge in [-0.25, -0.2) is 4.39 Å². The Morgan fingerprint density at radius 3 is 1.45 bits per heavy atom. The van der Waals surface area contributed by atoms with E-state index in [4.69, 9.17) is 0 Å². The third-order valence-electron chi connectivity index (χ3n) is 2.53. The first-order valence-corrected chi connectivity index (χ1v) is 5.20. The summed E-state index contributed by atoms with van der Waals surface area (Å²) in [7, 11) is 0. The molecule has 0 aliphatic rings. The number of hydrogen-bond acceptors (Lipinski definition) is 1. The molecule has 0 amide bonds. The van der Waals surface area contributed by atoms with Crippen molar-refractivity contribution in [2.45, 2.75) is 50.0 Å². The van der Waals surface area contributed by atoms with Gasteiger partial charge in [0.25, 0.3) is 5.67 Å². The van der Waals surface area contributed by atoms with Gasteiger partial charge in [0, 0.05) is 6.54 Å². The number of alkyl halides is 10. The fourth-order valence-electron chi connectivity index (χ4n) is 1.12. The smallest absolute Gasteiger partial charge is 0.255 e. The molecule has 0 radical (unpaired) electrons. The predicted molar refractivity (Wildman–Crippen MR) is 48.7 cm³/mol. The molecule has 0 aromatic carbocycles. The summed E-state index contributed by atoms with van der Waals surface area (Å²) >= 11 is 0. The van der Waals surface area contributed by atoms with Crippen LogP contribution in [0.2, 0.25) is 0 Å². The molecule has 0 rings (SSSR count). The SMILES string of the molecule is CCCNC(F)(F)C(C)(F)C(F)(F)C(F)(F)C(F)(F)F. The van der Waals surface area contributed by atoms with Gasteiger partial charge in [-0.1, -0.05) is 6.92 Å². The van der Waals surface area contributed by atoms with E-state index in [1.54, 1.807) is 0 Å². The highest BCUT2D eigenvalue weighted by Crippen LogP contribution is 2.55. The van der Waals surface area contributed by atoms with E-state index in [0.29, 0.717) is 0 Å². The van der Waals surface area contributed by atoms with Gasteiger partial charge in [0.15, 0.2) is 0 Å². The lowest BCUT2D eigenvalue weighted by molar-refractivity contribution is -0.398. The van der Waals surface area contributed by atoms with Crippen molar-refractivity contribution < 1.29 is 43.9 Å². The second-order valence-electron chi connectivity index (χ2n) is 4.15. The van der Waals surface area contributed by atoms with Gasteiger partial charge >= 0.3 is 24.1 Å². The summed E-state index contributed by atoms with van der Waals surface area (Å²) in [6.45, 7) is -0.212. The lowest BCUT2D eigenvalue weighted by atomic mass is 9.91. The lowest BCUT2D eigenvalue weighted by Crippen LogP contribution is -2.70. The van der Waals surface area contributed by atoms with Crippen LogP contribution in [0.3, 0.4) is 0 Å². The molecular weight excluding hydrogens is 312 g/mol. The average Bonchev–Trinajstić information content (AvgIpc) is 2.24. The van der Waals surface area contributed by atoms with Crippen molar-refractivity contribution in [2.75, 3.05) is 6.54 Å². The highest BCUT2D eigenvalue weighted by Gasteiger charge is 2.84. The standard InChI is InChI=1S/C9H11F10N/c1-3-4-20-9(18,19)5(2,10)6(11,12)7(13,14)8(15,16)17/h20H,3-4H2,1-2H3. The van der Waals surface area contributed by atoms with Gasteiger partial charge < -0.3 is 0 Å². The molecule has 0 aliphatic heterocycles. The van der Waals surface area contributed by atoms with E-state index in [0.717, 1.165) is 5.32 Å². The minimum absolute atomic E-state index is 0.118. The maximum Gasteiger partial charge on any atom is 0.460 e. The molecule has 0 fully saturated rings. The van der Waals surface area contributed by atoms with Crippen molar-refractivity contribution in [3.8, 4) is 0 Å². The Kier molecular flexibility index (Phi) is 5.03. The van der Waals surface area contributed by atoms with Crippen molar-refractivity contribution in [2.24, 2.45) is 0 Å². The van der Waals surface area contributed by atoms with Crippen molar-refractivity contribution in [1.82, 2.24) is 5.32 Å². The van der Waals surface area contributed by atoms with Crippen LogP contribution in [0.15, 0.2) is 0 Å². The van der Waals surface area contributed by atoms with Gasteiger partial charge in [0.05, 0.1) is 0 Å². The fourth-order valence-corrected chi connectivity index (χ4v) is 1.12. The van der Waals surface area contributed by atoms with Gasteiger partial charge in [-0.3, -0.25) is 5.32 Å². The van der Waals surface area contributed by atoms with Gasteiger partial charge in [-0.2, -0.15) is 39.5 Å². The van der Waals surface area contributed by atoms with Crippen molar-refractivity contribution in [1.29, 1.82) is 0 Å². The minimum Gasteiger partial charge on any atom is -0.255 e. The van der Waals surface area contributed by atoms with E-state index in [-0.39, 0.29) is 6.42 Å². The molecule has 11 heteroatoms. The maximum atomic E-state index is 13.5. The average molecular weight is 323 g/mol. The number of nitrogens with one attached hydrogen (secondary N) is 1. The quantitative estimate of drug-likeness (QED) is 0.572. The van der Waals surface area contributed by atoms with Crippen LogP contribution in [0.5, 0.6) is 0 Å². The summed E-state index contributed by atoms with van der Waals surface area (Å²) in [4.78, 5) is 0. The van der Waals surface area contributed by atoms with Gasteiger partial charge in [-0.05, 0) is 13.3 Å². The summed E-state index contributed by atoms with van der Waals surface area (Å²) in [6.07, 6.45) is -7.00. The Morgan fingerprint density at radius 1 is 0.750 bits per heavy atom. The van der Waals surface area contributed by atoms with Crippen molar-refractivity contribution in [3.63, 3.8) is 0 Å². The molecule has 20 heavy (non-hydrogen) atoms. The molecule has 1 N–H and O–H groups in total. The zero-order valence-corrected chi connectivity index (χ0v) is 10.2. The summed E-state index contributed by atoms with van der Waals surface area (Å²) < 4.78 is 126. The van der Waals surface area contributed by atoms with Gasteiger partial charge in [0.2, 0.25) is 0 Å². The van der Waals surface area contributed by atoms with E-state index in [1.807, 2.05) is 0 Å². The third-order valence-corrected chi connectivity index (χ3v) is 2.53. The Morgan fingerprint density at radius 2 is 1.15 bits per heavy atom. The Balaban J connectivity index is 5.68. The minimum atomic E-state index is -6.96. The number of halogens is 10. The van der Waals surface area contributed by atoms with E-state index in [1.165, 1.54) is 6.92 Å². The van der Waals surface area contributed by atoms with Gasteiger partial charge in [-0.15, -0.1) is 0 Å². The first-order chi connectivity index (χ1) is 8.56. The van der Waals surface area contributed by atoms with Crippen LogP contribution in [0.4, 0.5) is 43.9 Å². The molecule has 0 spiro atoms.